The normalized spacial score (nSPS) is 15.2. The molecule has 0 atom stereocenters. The highest BCUT2D eigenvalue weighted by molar-refractivity contribution is 7.89. The van der Waals surface area contributed by atoms with Crippen molar-refractivity contribution in [2.75, 3.05) is 25.0 Å². The van der Waals surface area contributed by atoms with Gasteiger partial charge in [0.05, 0.1) is 4.90 Å². The molecule has 0 saturated heterocycles. The van der Waals surface area contributed by atoms with Crippen LogP contribution in [0.25, 0.3) is 0 Å². The maximum absolute atomic E-state index is 12.0. The van der Waals surface area contributed by atoms with Crippen LogP contribution in [-0.4, -0.2) is 34.1 Å². The zero-order valence-electron chi connectivity index (χ0n) is 11.9. The lowest BCUT2D eigenvalue weighted by molar-refractivity contribution is 0.581. The Morgan fingerprint density at radius 1 is 1.10 bits per heavy atom. The quantitative estimate of drug-likeness (QED) is 0.605. The van der Waals surface area contributed by atoms with E-state index in [0.717, 1.165) is 44.6 Å². The van der Waals surface area contributed by atoms with Gasteiger partial charge in [-0.3, -0.25) is 0 Å². The maximum Gasteiger partial charge on any atom is 0.240 e. The topological polar surface area (TPSA) is 70.2 Å². The number of hydrogen-bond donors (Lipinski definition) is 3. The molecule has 0 radical (unpaired) electrons. The van der Waals surface area contributed by atoms with E-state index in [-0.39, 0.29) is 6.04 Å². The van der Waals surface area contributed by atoms with E-state index in [9.17, 15) is 8.42 Å². The van der Waals surface area contributed by atoms with Crippen molar-refractivity contribution in [3.05, 3.63) is 24.3 Å². The van der Waals surface area contributed by atoms with Crippen LogP contribution in [0.5, 0.6) is 0 Å². The first-order valence-electron chi connectivity index (χ1n) is 7.19. The van der Waals surface area contributed by atoms with Gasteiger partial charge < -0.3 is 10.6 Å². The lowest BCUT2D eigenvalue weighted by Gasteiger charge is -2.09. The number of hydrogen-bond acceptors (Lipinski definition) is 4. The summed E-state index contributed by atoms with van der Waals surface area (Å²) in [7, 11) is -3.34. The van der Waals surface area contributed by atoms with E-state index >= 15 is 0 Å². The van der Waals surface area contributed by atoms with Gasteiger partial charge in [0.1, 0.15) is 0 Å². The van der Waals surface area contributed by atoms with Gasteiger partial charge >= 0.3 is 0 Å². The summed E-state index contributed by atoms with van der Waals surface area (Å²) in [5, 5.41) is 6.56. The second-order valence-electron chi connectivity index (χ2n) is 5.10. The van der Waals surface area contributed by atoms with Crippen LogP contribution < -0.4 is 15.4 Å². The highest BCUT2D eigenvalue weighted by Gasteiger charge is 2.27. The first kappa shape index (κ1) is 15.3. The van der Waals surface area contributed by atoms with Gasteiger partial charge in [0.25, 0.3) is 0 Å². The number of nitrogens with one attached hydrogen (secondary N) is 3. The summed E-state index contributed by atoms with van der Waals surface area (Å²) in [6.45, 7) is 4.88. The van der Waals surface area contributed by atoms with Crippen LogP contribution in [0.3, 0.4) is 0 Å². The molecule has 0 unspecified atom stereocenters. The van der Waals surface area contributed by atoms with Gasteiger partial charge in [0.2, 0.25) is 10.0 Å². The molecule has 20 heavy (non-hydrogen) atoms. The molecule has 0 heterocycles. The Morgan fingerprint density at radius 2 is 1.80 bits per heavy atom. The van der Waals surface area contributed by atoms with E-state index in [1.807, 2.05) is 0 Å². The number of rotatable bonds is 9. The zero-order valence-corrected chi connectivity index (χ0v) is 12.7. The molecule has 0 amide bonds. The van der Waals surface area contributed by atoms with E-state index in [0.29, 0.717) is 4.90 Å². The fraction of sp³-hybridized carbons (Fsp3) is 0.571. The Balaban J connectivity index is 1.82. The molecule has 0 aliphatic heterocycles. The molecular formula is C14H23N3O2S. The Labute approximate surface area is 121 Å². The van der Waals surface area contributed by atoms with Gasteiger partial charge in [-0.15, -0.1) is 0 Å². The highest BCUT2D eigenvalue weighted by Crippen LogP contribution is 2.22. The standard InChI is InChI=1S/C14H23N3O2S/c1-2-9-15-10-11-16-12-5-7-14(8-6-12)20(18,19)17-13-3-4-13/h5-8,13,15-17H,2-4,9-11H2,1H3. The molecule has 0 aromatic heterocycles. The fourth-order valence-corrected chi connectivity index (χ4v) is 3.14. The van der Waals surface area contributed by atoms with Crippen LogP contribution in [-0.2, 0) is 10.0 Å². The summed E-state index contributed by atoms with van der Waals surface area (Å²) in [4.78, 5) is 0.332. The Kier molecular flexibility index (Phi) is 5.39. The SMILES string of the molecule is CCCNCCNc1ccc(S(=O)(=O)NC2CC2)cc1. The molecule has 1 aliphatic rings. The summed E-state index contributed by atoms with van der Waals surface area (Å²) >= 11 is 0. The Hall–Kier alpha value is -1.11. The minimum atomic E-state index is -3.34. The van der Waals surface area contributed by atoms with Crippen molar-refractivity contribution >= 4 is 15.7 Å². The van der Waals surface area contributed by atoms with Gasteiger partial charge in [0, 0.05) is 24.8 Å². The van der Waals surface area contributed by atoms with Gasteiger partial charge in [0.15, 0.2) is 0 Å². The average molecular weight is 297 g/mol. The molecule has 6 heteroatoms. The van der Waals surface area contributed by atoms with Crippen molar-refractivity contribution in [1.29, 1.82) is 0 Å². The van der Waals surface area contributed by atoms with Crippen LogP contribution in [0.2, 0.25) is 0 Å². The summed E-state index contributed by atoms with van der Waals surface area (Å²) < 4.78 is 26.6. The predicted molar refractivity (Wildman–Crippen MR) is 81.4 cm³/mol. The van der Waals surface area contributed by atoms with Crippen LogP contribution in [0, 0.1) is 0 Å². The minimum absolute atomic E-state index is 0.141. The Bertz CT molecular complexity index is 510. The minimum Gasteiger partial charge on any atom is -0.384 e. The summed E-state index contributed by atoms with van der Waals surface area (Å²) in [5.74, 6) is 0. The molecule has 1 aliphatic carbocycles. The predicted octanol–water partition coefficient (Wildman–Crippen LogP) is 1.54. The second-order valence-corrected chi connectivity index (χ2v) is 6.81. The second kappa shape index (κ2) is 7.06. The molecule has 2 rings (SSSR count). The molecule has 1 saturated carbocycles. The molecule has 3 N–H and O–H groups in total. The van der Waals surface area contributed by atoms with Crippen molar-refractivity contribution in [3.8, 4) is 0 Å². The Morgan fingerprint density at radius 3 is 2.40 bits per heavy atom. The van der Waals surface area contributed by atoms with Gasteiger partial charge in [-0.05, 0) is 50.1 Å². The molecule has 1 aromatic rings. The van der Waals surface area contributed by atoms with Crippen molar-refractivity contribution in [3.63, 3.8) is 0 Å². The maximum atomic E-state index is 12.0. The summed E-state index contributed by atoms with van der Waals surface area (Å²) in [5.41, 5.74) is 0.939. The summed E-state index contributed by atoms with van der Waals surface area (Å²) in [6.07, 6.45) is 3.02. The number of benzene rings is 1. The van der Waals surface area contributed by atoms with E-state index < -0.39 is 10.0 Å². The van der Waals surface area contributed by atoms with Crippen LogP contribution in [0.1, 0.15) is 26.2 Å². The van der Waals surface area contributed by atoms with E-state index in [4.69, 9.17) is 0 Å². The molecule has 112 valence electrons. The fourth-order valence-electron chi connectivity index (χ4n) is 1.84. The van der Waals surface area contributed by atoms with E-state index in [2.05, 4.69) is 22.3 Å². The third-order valence-electron chi connectivity index (χ3n) is 3.12. The van der Waals surface area contributed by atoms with Gasteiger partial charge in [-0.1, -0.05) is 6.92 Å². The monoisotopic (exact) mass is 297 g/mol. The van der Waals surface area contributed by atoms with Crippen molar-refractivity contribution in [2.45, 2.75) is 37.1 Å². The summed E-state index contributed by atoms with van der Waals surface area (Å²) in [6, 6.07) is 7.05. The van der Waals surface area contributed by atoms with Crippen LogP contribution >= 0.6 is 0 Å². The molecule has 0 bridgehead atoms. The smallest absolute Gasteiger partial charge is 0.240 e. The third-order valence-corrected chi connectivity index (χ3v) is 4.66. The molecular weight excluding hydrogens is 274 g/mol. The molecule has 1 aromatic carbocycles. The molecule has 1 fully saturated rings. The highest BCUT2D eigenvalue weighted by atomic mass is 32.2. The lowest BCUT2D eigenvalue weighted by Crippen LogP contribution is -2.25. The van der Waals surface area contributed by atoms with Gasteiger partial charge in [-0.25, -0.2) is 13.1 Å². The van der Waals surface area contributed by atoms with E-state index in [1.165, 1.54) is 0 Å². The zero-order chi connectivity index (χ0) is 14.4. The first-order valence-corrected chi connectivity index (χ1v) is 8.67. The lowest BCUT2D eigenvalue weighted by atomic mass is 10.3. The van der Waals surface area contributed by atoms with Crippen molar-refractivity contribution in [2.24, 2.45) is 0 Å². The largest absolute Gasteiger partial charge is 0.384 e. The average Bonchev–Trinajstić information content (AvgIpc) is 3.22. The molecule has 0 spiro atoms. The van der Waals surface area contributed by atoms with Crippen molar-refractivity contribution in [1.82, 2.24) is 10.0 Å². The van der Waals surface area contributed by atoms with Crippen LogP contribution in [0.15, 0.2) is 29.2 Å². The van der Waals surface area contributed by atoms with Crippen LogP contribution in [0.4, 0.5) is 5.69 Å². The van der Waals surface area contributed by atoms with Gasteiger partial charge in [-0.2, -0.15) is 0 Å². The van der Waals surface area contributed by atoms with E-state index in [1.54, 1.807) is 24.3 Å². The molecule has 5 nitrogen and oxygen atoms in total. The third kappa shape index (κ3) is 4.77. The first-order chi connectivity index (χ1) is 9.62. The van der Waals surface area contributed by atoms with Crippen molar-refractivity contribution < 1.29 is 8.42 Å². The number of anilines is 1. The number of sulfonamides is 1.